The van der Waals surface area contributed by atoms with Gasteiger partial charge >= 0.3 is 0 Å². The Morgan fingerprint density at radius 2 is 1.95 bits per heavy atom. The van der Waals surface area contributed by atoms with Gasteiger partial charge in [-0.1, -0.05) is 11.2 Å². The van der Waals surface area contributed by atoms with Crippen molar-refractivity contribution in [3.8, 4) is 22.8 Å². The normalized spacial score (nSPS) is 11.1. The van der Waals surface area contributed by atoms with Crippen molar-refractivity contribution in [2.45, 2.75) is 0 Å². The zero-order valence-electron chi connectivity index (χ0n) is 10.9. The number of H-pyrrole nitrogens is 1. The Kier molecular flexibility index (Phi) is 2.57. The second-order valence-corrected chi connectivity index (χ2v) is 4.71. The van der Waals surface area contributed by atoms with Gasteiger partial charge in [0, 0.05) is 28.2 Å². The molecule has 0 spiro atoms. The summed E-state index contributed by atoms with van der Waals surface area (Å²) in [4.78, 5) is 7.46. The molecule has 2 heterocycles. The summed E-state index contributed by atoms with van der Waals surface area (Å²) in [6, 6.07) is 13.9. The van der Waals surface area contributed by atoms with Gasteiger partial charge in [0.15, 0.2) is 0 Å². The molecule has 0 saturated heterocycles. The van der Waals surface area contributed by atoms with Crippen LogP contribution < -0.4 is 0 Å². The second-order valence-electron chi connectivity index (χ2n) is 4.71. The highest BCUT2D eigenvalue weighted by Crippen LogP contribution is 2.25. The molecule has 4 aromatic rings. The SMILES string of the molecule is Fc1cccc(-c2nc(-c3ccc4[nH]ccc4c3)no2)c1. The van der Waals surface area contributed by atoms with E-state index in [0.717, 1.165) is 16.5 Å². The van der Waals surface area contributed by atoms with Crippen LogP contribution in [0.2, 0.25) is 0 Å². The minimum Gasteiger partial charge on any atom is -0.361 e. The molecule has 2 aromatic heterocycles. The Morgan fingerprint density at radius 3 is 2.86 bits per heavy atom. The first kappa shape index (κ1) is 11.8. The van der Waals surface area contributed by atoms with Crippen molar-refractivity contribution < 1.29 is 8.91 Å². The van der Waals surface area contributed by atoms with E-state index in [0.29, 0.717) is 17.3 Å². The van der Waals surface area contributed by atoms with E-state index in [-0.39, 0.29) is 5.82 Å². The lowest BCUT2D eigenvalue weighted by atomic mass is 10.1. The van der Waals surface area contributed by atoms with Crippen molar-refractivity contribution in [2.24, 2.45) is 0 Å². The van der Waals surface area contributed by atoms with Crippen LogP contribution in [0.4, 0.5) is 4.39 Å². The fourth-order valence-corrected chi connectivity index (χ4v) is 2.27. The van der Waals surface area contributed by atoms with Gasteiger partial charge in [-0.15, -0.1) is 0 Å². The topological polar surface area (TPSA) is 54.7 Å². The highest BCUT2D eigenvalue weighted by molar-refractivity contribution is 5.83. The standard InChI is InChI=1S/C16H10FN3O/c17-13-3-1-2-12(9-13)16-19-15(20-21-16)11-4-5-14-10(8-11)6-7-18-14/h1-9,18H. The number of nitrogens with one attached hydrogen (secondary N) is 1. The molecule has 0 aliphatic carbocycles. The molecule has 0 aliphatic rings. The third kappa shape index (κ3) is 2.08. The predicted molar refractivity (Wildman–Crippen MR) is 77.0 cm³/mol. The molecule has 21 heavy (non-hydrogen) atoms. The molecule has 102 valence electrons. The summed E-state index contributed by atoms with van der Waals surface area (Å²) >= 11 is 0. The molecule has 5 heteroatoms. The Bertz CT molecular complexity index is 926. The Labute approximate surface area is 119 Å². The van der Waals surface area contributed by atoms with Crippen LogP contribution >= 0.6 is 0 Å². The van der Waals surface area contributed by atoms with E-state index < -0.39 is 0 Å². The molecule has 4 nitrogen and oxygen atoms in total. The van der Waals surface area contributed by atoms with Crippen LogP contribution in [0.5, 0.6) is 0 Å². The van der Waals surface area contributed by atoms with Crippen LogP contribution in [0.15, 0.2) is 59.3 Å². The number of benzene rings is 2. The average Bonchev–Trinajstić information content (AvgIpc) is 3.15. The number of hydrogen-bond acceptors (Lipinski definition) is 3. The lowest BCUT2D eigenvalue weighted by Gasteiger charge is -1.95. The lowest BCUT2D eigenvalue weighted by molar-refractivity contribution is 0.432. The van der Waals surface area contributed by atoms with Gasteiger partial charge in [0.1, 0.15) is 5.82 Å². The first-order valence-electron chi connectivity index (χ1n) is 6.47. The number of rotatable bonds is 2. The van der Waals surface area contributed by atoms with Crippen LogP contribution in [0.3, 0.4) is 0 Å². The fraction of sp³-hybridized carbons (Fsp3) is 0. The Balaban J connectivity index is 1.76. The highest BCUT2D eigenvalue weighted by atomic mass is 19.1. The van der Waals surface area contributed by atoms with Crippen LogP contribution in [-0.2, 0) is 0 Å². The van der Waals surface area contributed by atoms with E-state index in [9.17, 15) is 4.39 Å². The summed E-state index contributed by atoms with van der Waals surface area (Å²) < 4.78 is 18.4. The number of halogens is 1. The summed E-state index contributed by atoms with van der Waals surface area (Å²) in [7, 11) is 0. The number of fused-ring (bicyclic) bond motifs is 1. The second kappa shape index (κ2) is 4.56. The molecule has 0 saturated carbocycles. The van der Waals surface area contributed by atoms with E-state index in [1.165, 1.54) is 12.1 Å². The number of nitrogens with zero attached hydrogens (tertiary/aromatic N) is 2. The van der Waals surface area contributed by atoms with Crippen molar-refractivity contribution >= 4 is 10.9 Å². The summed E-state index contributed by atoms with van der Waals surface area (Å²) in [5.41, 5.74) is 2.47. The van der Waals surface area contributed by atoms with E-state index in [4.69, 9.17) is 4.52 Å². The molecule has 2 aromatic carbocycles. The monoisotopic (exact) mass is 279 g/mol. The zero-order chi connectivity index (χ0) is 14.2. The smallest absolute Gasteiger partial charge is 0.258 e. The van der Waals surface area contributed by atoms with Gasteiger partial charge in [0.25, 0.3) is 5.89 Å². The molecule has 0 fully saturated rings. The Hall–Kier alpha value is -2.95. The molecule has 4 rings (SSSR count). The quantitative estimate of drug-likeness (QED) is 0.603. The van der Waals surface area contributed by atoms with E-state index in [1.807, 2.05) is 30.5 Å². The van der Waals surface area contributed by atoms with Crippen LogP contribution in [0, 0.1) is 5.82 Å². The van der Waals surface area contributed by atoms with Gasteiger partial charge in [-0.25, -0.2) is 4.39 Å². The molecule has 0 aliphatic heterocycles. The van der Waals surface area contributed by atoms with Gasteiger partial charge in [-0.3, -0.25) is 0 Å². The van der Waals surface area contributed by atoms with Crippen molar-refractivity contribution in [3.05, 3.63) is 60.5 Å². The molecule has 0 radical (unpaired) electrons. The third-order valence-corrected chi connectivity index (χ3v) is 3.31. The molecule has 0 amide bonds. The third-order valence-electron chi connectivity index (χ3n) is 3.31. The maximum absolute atomic E-state index is 13.2. The number of hydrogen-bond donors (Lipinski definition) is 1. The summed E-state index contributed by atoms with van der Waals surface area (Å²) in [6.45, 7) is 0. The van der Waals surface area contributed by atoms with Crippen LogP contribution in [0.25, 0.3) is 33.7 Å². The number of aromatic amines is 1. The van der Waals surface area contributed by atoms with Gasteiger partial charge in [-0.05, 0) is 42.5 Å². The van der Waals surface area contributed by atoms with Crippen molar-refractivity contribution in [2.75, 3.05) is 0 Å². The summed E-state index contributed by atoms with van der Waals surface area (Å²) in [6.07, 6.45) is 1.88. The predicted octanol–water partition coefficient (Wildman–Crippen LogP) is 4.02. The first-order chi connectivity index (χ1) is 10.3. The lowest BCUT2D eigenvalue weighted by Crippen LogP contribution is -1.82. The van der Waals surface area contributed by atoms with Crippen LogP contribution in [0.1, 0.15) is 0 Å². The summed E-state index contributed by atoms with van der Waals surface area (Å²) in [5, 5.41) is 5.04. The summed E-state index contributed by atoms with van der Waals surface area (Å²) in [5.74, 6) is 0.456. The minimum absolute atomic E-state index is 0.304. The maximum Gasteiger partial charge on any atom is 0.258 e. The minimum atomic E-state index is -0.332. The average molecular weight is 279 g/mol. The van der Waals surface area contributed by atoms with Gasteiger partial charge < -0.3 is 9.51 Å². The molecular formula is C16H10FN3O. The molecule has 0 atom stereocenters. The van der Waals surface area contributed by atoms with Gasteiger partial charge in [0.2, 0.25) is 5.82 Å². The van der Waals surface area contributed by atoms with Gasteiger partial charge in [0.05, 0.1) is 0 Å². The zero-order valence-corrected chi connectivity index (χ0v) is 10.9. The Morgan fingerprint density at radius 1 is 1.00 bits per heavy atom. The first-order valence-corrected chi connectivity index (χ1v) is 6.47. The van der Waals surface area contributed by atoms with E-state index >= 15 is 0 Å². The molecular weight excluding hydrogens is 269 g/mol. The molecule has 0 bridgehead atoms. The fourth-order valence-electron chi connectivity index (χ4n) is 2.27. The van der Waals surface area contributed by atoms with Crippen molar-refractivity contribution in [3.63, 3.8) is 0 Å². The van der Waals surface area contributed by atoms with Crippen molar-refractivity contribution in [1.82, 2.24) is 15.1 Å². The maximum atomic E-state index is 13.2. The van der Waals surface area contributed by atoms with Crippen LogP contribution in [-0.4, -0.2) is 15.1 Å². The highest BCUT2D eigenvalue weighted by Gasteiger charge is 2.11. The molecule has 1 N–H and O–H groups in total. The largest absolute Gasteiger partial charge is 0.361 e. The van der Waals surface area contributed by atoms with E-state index in [1.54, 1.807) is 12.1 Å². The van der Waals surface area contributed by atoms with Crippen molar-refractivity contribution in [1.29, 1.82) is 0 Å². The van der Waals surface area contributed by atoms with Gasteiger partial charge in [-0.2, -0.15) is 4.98 Å². The van der Waals surface area contributed by atoms with E-state index in [2.05, 4.69) is 15.1 Å². The number of aromatic nitrogens is 3. The molecule has 0 unspecified atom stereocenters.